The second-order valence-corrected chi connectivity index (χ2v) is 4.70. The Bertz CT molecular complexity index is 458. The van der Waals surface area contributed by atoms with Gasteiger partial charge in [-0.05, 0) is 19.4 Å². The van der Waals surface area contributed by atoms with E-state index < -0.39 is 5.97 Å². The number of nitrogen functional groups attached to an aromatic ring is 1. The highest BCUT2D eigenvalue weighted by atomic mass is 16.5. The number of ether oxygens (including phenoxy) is 2. The molecule has 19 heavy (non-hydrogen) atoms. The molecular weight excluding hydrogens is 246 g/mol. The van der Waals surface area contributed by atoms with Crippen LogP contribution >= 0.6 is 0 Å². The lowest BCUT2D eigenvalue weighted by atomic mass is 10.0. The molecule has 104 valence electrons. The molecule has 0 radical (unpaired) electrons. The van der Waals surface area contributed by atoms with Crippen LogP contribution < -0.4 is 11.1 Å². The number of nitrogens with zero attached hydrogens (tertiary/aromatic N) is 1. The first-order chi connectivity index (χ1) is 9.11. The van der Waals surface area contributed by atoms with Gasteiger partial charge in [-0.15, -0.1) is 0 Å². The minimum absolute atomic E-state index is 0.191. The van der Waals surface area contributed by atoms with Crippen LogP contribution in [0.5, 0.6) is 0 Å². The SMILES string of the molecule is COC(=O)c1cc(N)ncc1NC(C)C1CCOC1. The highest BCUT2D eigenvalue weighted by Gasteiger charge is 2.24. The van der Waals surface area contributed by atoms with Crippen LogP contribution in [0.2, 0.25) is 0 Å². The predicted molar refractivity (Wildman–Crippen MR) is 72.0 cm³/mol. The number of anilines is 2. The van der Waals surface area contributed by atoms with Gasteiger partial charge in [-0.3, -0.25) is 0 Å². The third kappa shape index (κ3) is 3.14. The van der Waals surface area contributed by atoms with Crippen molar-refractivity contribution in [3.63, 3.8) is 0 Å². The maximum atomic E-state index is 11.7. The Morgan fingerprint density at radius 2 is 2.47 bits per heavy atom. The normalized spacial score (nSPS) is 20.0. The number of nitrogens with one attached hydrogen (secondary N) is 1. The van der Waals surface area contributed by atoms with Crippen LogP contribution in [0.15, 0.2) is 12.3 Å². The molecule has 0 spiro atoms. The van der Waals surface area contributed by atoms with Gasteiger partial charge >= 0.3 is 5.97 Å². The Morgan fingerprint density at radius 1 is 1.68 bits per heavy atom. The van der Waals surface area contributed by atoms with Gasteiger partial charge in [0, 0.05) is 18.6 Å². The van der Waals surface area contributed by atoms with Crippen LogP contribution in [0.3, 0.4) is 0 Å². The Balaban J connectivity index is 2.16. The van der Waals surface area contributed by atoms with Crippen molar-refractivity contribution in [3.05, 3.63) is 17.8 Å². The van der Waals surface area contributed by atoms with Gasteiger partial charge in [0.05, 0.1) is 31.2 Å². The van der Waals surface area contributed by atoms with Crippen LogP contribution in [-0.2, 0) is 9.47 Å². The van der Waals surface area contributed by atoms with E-state index in [0.29, 0.717) is 23.0 Å². The molecule has 2 heterocycles. The zero-order valence-electron chi connectivity index (χ0n) is 11.2. The first-order valence-electron chi connectivity index (χ1n) is 6.30. The first kappa shape index (κ1) is 13.6. The topological polar surface area (TPSA) is 86.5 Å². The first-order valence-corrected chi connectivity index (χ1v) is 6.30. The van der Waals surface area contributed by atoms with E-state index in [4.69, 9.17) is 15.2 Å². The lowest BCUT2D eigenvalue weighted by molar-refractivity contribution is 0.0601. The van der Waals surface area contributed by atoms with E-state index in [-0.39, 0.29) is 6.04 Å². The van der Waals surface area contributed by atoms with Crippen molar-refractivity contribution >= 4 is 17.5 Å². The Morgan fingerprint density at radius 3 is 3.11 bits per heavy atom. The molecule has 2 rings (SSSR count). The lowest BCUT2D eigenvalue weighted by Gasteiger charge is -2.21. The number of rotatable bonds is 4. The van der Waals surface area contributed by atoms with Gasteiger partial charge in [0.2, 0.25) is 0 Å². The van der Waals surface area contributed by atoms with Crippen molar-refractivity contribution in [2.24, 2.45) is 5.92 Å². The largest absolute Gasteiger partial charge is 0.465 e. The highest BCUT2D eigenvalue weighted by Crippen LogP contribution is 2.23. The fourth-order valence-electron chi connectivity index (χ4n) is 2.18. The van der Waals surface area contributed by atoms with Gasteiger partial charge in [0.15, 0.2) is 0 Å². The van der Waals surface area contributed by atoms with E-state index in [0.717, 1.165) is 19.6 Å². The molecular formula is C13H19N3O3. The number of hydrogen-bond acceptors (Lipinski definition) is 6. The molecule has 1 aliphatic heterocycles. The summed E-state index contributed by atoms with van der Waals surface area (Å²) < 4.78 is 10.1. The number of carbonyl (C=O) groups excluding carboxylic acids is 1. The third-order valence-corrected chi connectivity index (χ3v) is 3.39. The van der Waals surface area contributed by atoms with Crippen LogP contribution in [0.4, 0.5) is 11.5 Å². The molecule has 6 nitrogen and oxygen atoms in total. The van der Waals surface area contributed by atoms with Crippen molar-refractivity contribution in [1.82, 2.24) is 4.98 Å². The fraction of sp³-hybridized carbons (Fsp3) is 0.538. The number of methoxy groups -OCH3 is 1. The average molecular weight is 265 g/mol. The van der Waals surface area contributed by atoms with E-state index in [1.165, 1.54) is 13.2 Å². The van der Waals surface area contributed by atoms with Crippen LogP contribution in [0.1, 0.15) is 23.7 Å². The zero-order chi connectivity index (χ0) is 13.8. The molecule has 0 aliphatic carbocycles. The number of nitrogens with two attached hydrogens (primary N) is 1. The number of carbonyl (C=O) groups is 1. The van der Waals surface area contributed by atoms with Gasteiger partial charge in [-0.25, -0.2) is 9.78 Å². The summed E-state index contributed by atoms with van der Waals surface area (Å²) in [6.45, 7) is 3.60. The highest BCUT2D eigenvalue weighted by molar-refractivity contribution is 5.96. The van der Waals surface area contributed by atoms with Gasteiger partial charge < -0.3 is 20.5 Å². The molecule has 2 unspecified atom stereocenters. The molecule has 3 N–H and O–H groups in total. The number of pyridine rings is 1. The number of hydrogen-bond donors (Lipinski definition) is 2. The number of aromatic nitrogens is 1. The molecule has 1 saturated heterocycles. The Labute approximate surface area is 112 Å². The summed E-state index contributed by atoms with van der Waals surface area (Å²) in [5.41, 5.74) is 6.65. The molecule has 2 atom stereocenters. The number of esters is 1. The van der Waals surface area contributed by atoms with Gasteiger partial charge in [0.1, 0.15) is 5.82 Å². The summed E-state index contributed by atoms with van der Waals surface area (Å²) in [6, 6.07) is 1.71. The smallest absolute Gasteiger partial charge is 0.340 e. The van der Waals surface area contributed by atoms with E-state index in [9.17, 15) is 4.79 Å². The van der Waals surface area contributed by atoms with Crippen LogP contribution in [-0.4, -0.2) is 37.3 Å². The minimum Gasteiger partial charge on any atom is -0.465 e. The van der Waals surface area contributed by atoms with Crippen molar-refractivity contribution in [2.45, 2.75) is 19.4 Å². The van der Waals surface area contributed by atoms with Gasteiger partial charge in [0.25, 0.3) is 0 Å². The Kier molecular flexibility index (Phi) is 4.21. The third-order valence-electron chi connectivity index (χ3n) is 3.39. The molecule has 0 amide bonds. The average Bonchev–Trinajstić information content (AvgIpc) is 2.94. The molecule has 0 saturated carbocycles. The molecule has 1 aromatic rings. The van der Waals surface area contributed by atoms with E-state index in [1.54, 1.807) is 6.20 Å². The van der Waals surface area contributed by atoms with Gasteiger partial charge in [-0.1, -0.05) is 0 Å². The molecule has 0 aromatic carbocycles. The molecule has 1 aromatic heterocycles. The molecule has 1 fully saturated rings. The summed E-state index contributed by atoms with van der Waals surface area (Å²) in [6.07, 6.45) is 2.58. The van der Waals surface area contributed by atoms with E-state index in [1.807, 2.05) is 0 Å². The van der Waals surface area contributed by atoms with Crippen LogP contribution in [0.25, 0.3) is 0 Å². The standard InChI is InChI=1S/C13H19N3O3/c1-8(9-3-4-19-7-9)16-11-6-15-12(14)5-10(11)13(17)18-2/h5-6,8-9,16H,3-4,7H2,1-2H3,(H2,14,15). The fourth-order valence-corrected chi connectivity index (χ4v) is 2.18. The summed E-state index contributed by atoms with van der Waals surface area (Å²) in [5.74, 6) is 0.303. The van der Waals surface area contributed by atoms with Crippen molar-refractivity contribution in [2.75, 3.05) is 31.4 Å². The second-order valence-electron chi connectivity index (χ2n) is 4.70. The minimum atomic E-state index is -0.425. The summed E-state index contributed by atoms with van der Waals surface area (Å²) in [7, 11) is 1.34. The zero-order valence-corrected chi connectivity index (χ0v) is 11.2. The van der Waals surface area contributed by atoms with Crippen LogP contribution in [0, 0.1) is 5.92 Å². The second kappa shape index (κ2) is 5.88. The van der Waals surface area contributed by atoms with Gasteiger partial charge in [-0.2, -0.15) is 0 Å². The predicted octanol–water partition coefficient (Wildman–Crippen LogP) is 1.29. The Hall–Kier alpha value is -1.82. The maximum Gasteiger partial charge on any atom is 0.340 e. The summed E-state index contributed by atoms with van der Waals surface area (Å²) in [5, 5.41) is 3.30. The van der Waals surface area contributed by atoms with Crippen molar-refractivity contribution in [1.29, 1.82) is 0 Å². The quantitative estimate of drug-likeness (QED) is 0.798. The maximum absolute atomic E-state index is 11.7. The molecule has 6 heteroatoms. The molecule has 0 bridgehead atoms. The summed E-state index contributed by atoms with van der Waals surface area (Å²) >= 11 is 0. The van der Waals surface area contributed by atoms with Crippen molar-refractivity contribution in [3.8, 4) is 0 Å². The monoisotopic (exact) mass is 265 g/mol. The van der Waals surface area contributed by atoms with E-state index in [2.05, 4.69) is 17.2 Å². The van der Waals surface area contributed by atoms with Crippen molar-refractivity contribution < 1.29 is 14.3 Å². The van der Waals surface area contributed by atoms with E-state index >= 15 is 0 Å². The molecule has 1 aliphatic rings. The lowest BCUT2D eigenvalue weighted by Crippen LogP contribution is -2.27. The summed E-state index contributed by atoms with van der Waals surface area (Å²) in [4.78, 5) is 15.7.